The van der Waals surface area contributed by atoms with Crippen molar-refractivity contribution in [1.29, 1.82) is 0 Å². The molecule has 0 saturated heterocycles. The van der Waals surface area contributed by atoms with Crippen molar-refractivity contribution in [3.05, 3.63) is 68.7 Å². The number of nitrogens with zero attached hydrogens (tertiary/aromatic N) is 1. The molecule has 0 fully saturated rings. The molecule has 31 heavy (non-hydrogen) atoms. The minimum absolute atomic E-state index is 0.0000855. The van der Waals surface area contributed by atoms with Crippen LogP contribution in [0.4, 0.5) is 8.78 Å². The Balaban J connectivity index is 1.55. The van der Waals surface area contributed by atoms with Gasteiger partial charge >= 0.3 is 5.97 Å². The van der Waals surface area contributed by atoms with Crippen molar-refractivity contribution >= 4 is 46.9 Å². The molecule has 1 atom stereocenters. The highest BCUT2D eigenvalue weighted by Gasteiger charge is 2.37. The van der Waals surface area contributed by atoms with Crippen molar-refractivity contribution in [3.63, 3.8) is 0 Å². The highest BCUT2D eigenvalue weighted by Crippen LogP contribution is 2.31. The van der Waals surface area contributed by atoms with Crippen LogP contribution in [0.2, 0.25) is 10.0 Å². The Hall–Kier alpha value is -3.04. The zero-order valence-electron chi connectivity index (χ0n) is 15.9. The molecule has 0 aromatic heterocycles. The SMILES string of the molecule is CC(NC(=O)COC(=O)CN1C(=O)c2cc(Cl)c(Cl)cc2C1=O)c1ccc(F)cc1F. The maximum atomic E-state index is 13.8. The predicted octanol–water partition coefficient (Wildman–Crippen LogP) is 3.29. The van der Waals surface area contributed by atoms with Gasteiger partial charge in [-0.2, -0.15) is 0 Å². The van der Waals surface area contributed by atoms with Gasteiger partial charge in [-0.3, -0.25) is 24.1 Å². The van der Waals surface area contributed by atoms with Gasteiger partial charge in [0.05, 0.1) is 27.2 Å². The van der Waals surface area contributed by atoms with Crippen molar-refractivity contribution in [3.8, 4) is 0 Å². The van der Waals surface area contributed by atoms with E-state index in [1.54, 1.807) is 0 Å². The molecule has 2 aromatic rings. The van der Waals surface area contributed by atoms with E-state index >= 15 is 0 Å². The van der Waals surface area contributed by atoms with Gasteiger partial charge in [-0.1, -0.05) is 29.3 Å². The van der Waals surface area contributed by atoms with Crippen molar-refractivity contribution in [1.82, 2.24) is 10.2 Å². The van der Waals surface area contributed by atoms with Crippen LogP contribution in [0, 0.1) is 11.6 Å². The summed E-state index contributed by atoms with van der Waals surface area (Å²) >= 11 is 11.7. The number of ether oxygens (including phenoxy) is 1. The van der Waals surface area contributed by atoms with Gasteiger partial charge in [0.15, 0.2) is 6.61 Å². The Bertz CT molecular complexity index is 1070. The van der Waals surface area contributed by atoms with E-state index < -0.39 is 54.5 Å². The summed E-state index contributed by atoms with van der Waals surface area (Å²) in [6.07, 6.45) is 0. The highest BCUT2D eigenvalue weighted by molar-refractivity contribution is 6.43. The van der Waals surface area contributed by atoms with E-state index in [-0.39, 0.29) is 26.7 Å². The molecule has 3 amide bonds. The molecule has 1 N–H and O–H groups in total. The fourth-order valence-electron chi connectivity index (χ4n) is 2.96. The molecule has 3 rings (SSSR count). The van der Waals surface area contributed by atoms with Crippen molar-refractivity contribution in [2.45, 2.75) is 13.0 Å². The number of halogens is 4. The number of carbonyl (C=O) groups excluding carboxylic acids is 4. The van der Waals surface area contributed by atoms with Crippen LogP contribution in [-0.4, -0.2) is 41.7 Å². The molecule has 0 radical (unpaired) electrons. The number of hydrogen-bond acceptors (Lipinski definition) is 5. The second kappa shape index (κ2) is 8.99. The molecule has 1 aliphatic heterocycles. The molecule has 7 nitrogen and oxygen atoms in total. The minimum atomic E-state index is -1.01. The molecule has 2 aromatic carbocycles. The van der Waals surface area contributed by atoms with Crippen LogP contribution < -0.4 is 5.32 Å². The van der Waals surface area contributed by atoms with Crippen molar-refractivity contribution < 1.29 is 32.7 Å². The lowest BCUT2D eigenvalue weighted by Gasteiger charge is -2.16. The first kappa shape index (κ1) is 22.6. The maximum Gasteiger partial charge on any atom is 0.326 e. The summed E-state index contributed by atoms with van der Waals surface area (Å²) in [7, 11) is 0. The number of fused-ring (bicyclic) bond motifs is 1. The van der Waals surface area contributed by atoms with E-state index in [1.807, 2.05) is 0 Å². The molecular weight excluding hydrogens is 457 g/mol. The molecule has 1 aliphatic rings. The zero-order chi connectivity index (χ0) is 22.9. The van der Waals surface area contributed by atoms with E-state index in [2.05, 4.69) is 5.32 Å². The number of hydrogen-bond donors (Lipinski definition) is 1. The van der Waals surface area contributed by atoms with Crippen LogP contribution in [0.25, 0.3) is 0 Å². The van der Waals surface area contributed by atoms with Gasteiger partial charge in [-0.15, -0.1) is 0 Å². The fraction of sp³-hybridized carbons (Fsp3) is 0.200. The average molecular weight is 471 g/mol. The summed E-state index contributed by atoms with van der Waals surface area (Å²) < 4.78 is 31.5. The van der Waals surface area contributed by atoms with Gasteiger partial charge < -0.3 is 10.1 Å². The summed E-state index contributed by atoms with van der Waals surface area (Å²) in [5.74, 6) is -4.87. The number of esters is 1. The topological polar surface area (TPSA) is 92.8 Å². The standard InChI is InChI=1S/C20H14Cl2F2N2O5/c1-9(11-3-2-10(23)4-16(11)24)25-17(27)8-31-18(28)7-26-19(29)12-5-14(21)15(22)6-13(12)20(26)30/h2-6,9H,7-8H2,1H3,(H,25,27). The van der Waals surface area contributed by atoms with Crippen LogP contribution in [0.1, 0.15) is 39.2 Å². The first-order chi connectivity index (χ1) is 14.6. The van der Waals surface area contributed by atoms with Gasteiger partial charge in [-0.05, 0) is 25.1 Å². The molecule has 0 bridgehead atoms. The smallest absolute Gasteiger partial charge is 0.326 e. The zero-order valence-corrected chi connectivity index (χ0v) is 17.4. The van der Waals surface area contributed by atoms with Gasteiger partial charge in [0.2, 0.25) is 0 Å². The number of amides is 3. The van der Waals surface area contributed by atoms with Crippen LogP contribution in [0.5, 0.6) is 0 Å². The number of rotatable bonds is 6. The van der Waals surface area contributed by atoms with Crippen LogP contribution in [0.15, 0.2) is 30.3 Å². The molecule has 162 valence electrons. The van der Waals surface area contributed by atoms with E-state index in [0.717, 1.165) is 6.07 Å². The molecule has 0 aliphatic carbocycles. The van der Waals surface area contributed by atoms with Crippen molar-refractivity contribution in [2.75, 3.05) is 13.2 Å². The van der Waals surface area contributed by atoms with Gasteiger partial charge in [0.25, 0.3) is 17.7 Å². The summed E-state index contributed by atoms with van der Waals surface area (Å²) in [6.45, 7) is 0.00884. The van der Waals surface area contributed by atoms with Crippen LogP contribution in [-0.2, 0) is 14.3 Å². The Morgan fingerprint density at radius 3 is 2.19 bits per heavy atom. The first-order valence-electron chi connectivity index (χ1n) is 8.83. The molecule has 1 heterocycles. The van der Waals surface area contributed by atoms with E-state index in [9.17, 15) is 28.0 Å². The number of nitrogens with one attached hydrogen (secondary N) is 1. The first-order valence-corrected chi connectivity index (χ1v) is 9.59. The number of benzene rings is 2. The summed E-state index contributed by atoms with van der Waals surface area (Å²) in [6, 6.07) is 4.55. The third-order valence-corrected chi connectivity index (χ3v) is 5.19. The lowest BCUT2D eigenvalue weighted by atomic mass is 10.1. The third kappa shape index (κ3) is 4.83. The third-order valence-electron chi connectivity index (χ3n) is 4.47. The number of carbonyl (C=O) groups is 4. The molecule has 1 unspecified atom stereocenters. The largest absolute Gasteiger partial charge is 0.454 e. The van der Waals surface area contributed by atoms with Gasteiger partial charge in [-0.25, -0.2) is 8.78 Å². The Kier molecular flexibility index (Phi) is 6.56. The van der Waals surface area contributed by atoms with Crippen LogP contribution >= 0.6 is 23.2 Å². The predicted molar refractivity (Wildman–Crippen MR) is 106 cm³/mol. The molecule has 11 heteroatoms. The quantitative estimate of drug-likeness (QED) is 0.516. The second-order valence-electron chi connectivity index (χ2n) is 6.62. The lowest BCUT2D eigenvalue weighted by molar-refractivity contribution is -0.148. The molecular formula is C20H14Cl2F2N2O5. The highest BCUT2D eigenvalue weighted by atomic mass is 35.5. The fourth-order valence-corrected chi connectivity index (χ4v) is 3.29. The Morgan fingerprint density at radius 2 is 1.65 bits per heavy atom. The number of imide groups is 1. The monoisotopic (exact) mass is 470 g/mol. The van der Waals surface area contributed by atoms with E-state index in [0.29, 0.717) is 11.0 Å². The lowest BCUT2D eigenvalue weighted by Crippen LogP contribution is -2.37. The molecule has 0 spiro atoms. The van der Waals surface area contributed by atoms with E-state index in [1.165, 1.54) is 25.1 Å². The second-order valence-corrected chi connectivity index (χ2v) is 7.44. The van der Waals surface area contributed by atoms with Gasteiger partial charge in [0.1, 0.15) is 18.2 Å². The maximum absolute atomic E-state index is 13.8. The molecule has 0 saturated carbocycles. The van der Waals surface area contributed by atoms with Gasteiger partial charge in [0, 0.05) is 11.6 Å². The minimum Gasteiger partial charge on any atom is -0.454 e. The van der Waals surface area contributed by atoms with Crippen LogP contribution in [0.3, 0.4) is 0 Å². The normalized spacial score (nSPS) is 13.8. The Labute approximate surface area is 184 Å². The summed E-state index contributed by atoms with van der Waals surface area (Å²) in [4.78, 5) is 49.4. The Morgan fingerprint density at radius 1 is 1.06 bits per heavy atom. The summed E-state index contributed by atoms with van der Waals surface area (Å²) in [5.41, 5.74) is 0.0459. The van der Waals surface area contributed by atoms with Crippen molar-refractivity contribution in [2.24, 2.45) is 0 Å². The average Bonchev–Trinajstić information content (AvgIpc) is 2.91. The van der Waals surface area contributed by atoms with E-state index in [4.69, 9.17) is 27.9 Å². The summed E-state index contributed by atoms with van der Waals surface area (Å²) in [5, 5.41) is 2.55.